The molecule has 1 aromatic carbocycles. The number of aromatic hydroxyl groups is 1. The number of allylic oxidation sites excluding steroid dienone is 1. The second kappa shape index (κ2) is 10.2. The average Bonchev–Trinajstić information content (AvgIpc) is 2.83. The second-order valence-electron chi connectivity index (χ2n) is 8.08. The summed E-state index contributed by atoms with van der Waals surface area (Å²) in [6.45, 7) is -0.821. The van der Waals surface area contributed by atoms with Crippen LogP contribution in [0.3, 0.4) is 0 Å². The number of aliphatic hydroxyl groups excluding tert-OH is 5. The maximum atomic E-state index is 12.3. The molecule has 1 fully saturated rings. The number of aliphatic hydroxyl groups is 6. The fraction of sp³-hybridized carbons (Fsp3) is 0.500. The standard InChI is InChI=1S/C22H29NO11/c1-32-19-13(26)4-3-12(15(19)21(30)33-2)23-8-10-7-11(25)5-6-22(10,31)20-18(29)17(28)16(27)14(9-24)34-20/h3-7,10,14,16-18,20,23-29,31H,8-9H2,1-2H3/t10?,14-,16-,17+,18-,20-,22?/m1/s1. The average molecular weight is 483 g/mol. The Morgan fingerprint density at radius 2 is 1.85 bits per heavy atom. The van der Waals surface area contributed by atoms with Crippen molar-refractivity contribution in [2.75, 3.05) is 32.7 Å². The first kappa shape index (κ1) is 25.7. The molecule has 2 aliphatic rings. The Hall–Kier alpha value is -2.87. The first-order valence-electron chi connectivity index (χ1n) is 10.4. The van der Waals surface area contributed by atoms with Crippen molar-refractivity contribution in [2.45, 2.75) is 36.1 Å². The lowest BCUT2D eigenvalue weighted by Crippen LogP contribution is -2.67. The number of anilines is 1. The highest BCUT2D eigenvalue weighted by atomic mass is 16.6. The van der Waals surface area contributed by atoms with Gasteiger partial charge in [0.25, 0.3) is 0 Å². The van der Waals surface area contributed by atoms with Gasteiger partial charge in [0.1, 0.15) is 47.4 Å². The fourth-order valence-electron chi connectivity index (χ4n) is 4.20. The fourth-order valence-corrected chi connectivity index (χ4v) is 4.20. The number of phenolic OH excluding ortho intramolecular Hbond substituents is 1. The number of carbonyl (C=O) groups excluding carboxylic acids is 1. The Labute approximate surface area is 194 Å². The van der Waals surface area contributed by atoms with Gasteiger partial charge in [-0.25, -0.2) is 4.79 Å². The highest BCUT2D eigenvalue weighted by molar-refractivity contribution is 5.99. The monoisotopic (exact) mass is 483 g/mol. The number of esters is 1. The van der Waals surface area contributed by atoms with Gasteiger partial charge >= 0.3 is 5.97 Å². The van der Waals surface area contributed by atoms with Crippen molar-refractivity contribution >= 4 is 11.7 Å². The third-order valence-electron chi connectivity index (χ3n) is 6.08. The first-order valence-corrected chi connectivity index (χ1v) is 10.4. The van der Waals surface area contributed by atoms with Crippen LogP contribution in [0.25, 0.3) is 0 Å². The Balaban J connectivity index is 1.93. The summed E-state index contributed by atoms with van der Waals surface area (Å²) in [5.41, 5.74) is -1.94. The van der Waals surface area contributed by atoms with Crippen LogP contribution in [0.1, 0.15) is 10.4 Å². The minimum absolute atomic E-state index is 0.110. The van der Waals surface area contributed by atoms with Gasteiger partial charge in [0.05, 0.1) is 26.5 Å². The molecule has 7 atom stereocenters. The summed E-state index contributed by atoms with van der Waals surface area (Å²) in [6.07, 6.45) is -4.16. The van der Waals surface area contributed by atoms with Crippen molar-refractivity contribution in [2.24, 2.45) is 5.92 Å². The summed E-state index contributed by atoms with van der Waals surface area (Å²) in [5.74, 6) is -2.43. The molecule has 34 heavy (non-hydrogen) atoms. The molecule has 0 radical (unpaired) electrons. The zero-order valence-corrected chi connectivity index (χ0v) is 18.5. The van der Waals surface area contributed by atoms with E-state index in [1.807, 2.05) is 0 Å². The van der Waals surface area contributed by atoms with Gasteiger partial charge in [-0.05, 0) is 30.4 Å². The van der Waals surface area contributed by atoms with Crippen LogP contribution in [0.2, 0.25) is 0 Å². The molecule has 1 aliphatic heterocycles. The lowest BCUT2D eigenvalue weighted by Gasteiger charge is -2.48. The van der Waals surface area contributed by atoms with Crippen molar-refractivity contribution in [3.63, 3.8) is 0 Å². The van der Waals surface area contributed by atoms with Crippen molar-refractivity contribution in [3.8, 4) is 11.5 Å². The van der Waals surface area contributed by atoms with Gasteiger partial charge in [0.15, 0.2) is 11.5 Å². The molecular formula is C22H29NO11. The van der Waals surface area contributed by atoms with Crippen molar-refractivity contribution in [1.29, 1.82) is 0 Å². The van der Waals surface area contributed by atoms with Crippen LogP contribution in [0.5, 0.6) is 11.5 Å². The largest absolute Gasteiger partial charge is 0.508 e. The van der Waals surface area contributed by atoms with Crippen LogP contribution in [-0.4, -0.2) is 105 Å². The van der Waals surface area contributed by atoms with E-state index in [1.54, 1.807) is 0 Å². The van der Waals surface area contributed by atoms with Crippen LogP contribution in [0.4, 0.5) is 5.69 Å². The van der Waals surface area contributed by atoms with E-state index in [-0.39, 0.29) is 35.1 Å². The quantitative estimate of drug-likeness (QED) is 0.170. The molecule has 0 saturated carbocycles. The number of hydrogen-bond donors (Lipinski definition) is 8. The predicted molar refractivity (Wildman–Crippen MR) is 117 cm³/mol. The minimum Gasteiger partial charge on any atom is -0.508 e. The van der Waals surface area contributed by atoms with E-state index >= 15 is 0 Å². The van der Waals surface area contributed by atoms with Crippen LogP contribution >= 0.6 is 0 Å². The predicted octanol–water partition coefficient (Wildman–Crippen LogP) is -1.20. The van der Waals surface area contributed by atoms with E-state index in [9.17, 15) is 40.5 Å². The highest BCUT2D eigenvalue weighted by Crippen LogP contribution is 2.39. The Kier molecular flexibility index (Phi) is 7.70. The van der Waals surface area contributed by atoms with Gasteiger partial charge in [-0.15, -0.1) is 0 Å². The lowest BCUT2D eigenvalue weighted by molar-refractivity contribution is -0.266. The first-order chi connectivity index (χ1) is 16.1. The lowest BCUT2D eigenvalue weighted by atomic mass is 9.74. The van der Waals surface area contributed by atoms with Crippen LogP contribution in [-0.2, 0) is 9.47 Å². The number of hydrogen-bond acceptors (Lipinski definition) is 12. The van der Waals surface area contributed by atoms with E-state index < -0.39 is 54.6 Å². The number of rotatable bonds is 7. The molecule has 1 aliphatic carbocycles. The molecule has 3 rings (SSSR count). The summed E-state index contributed by atoms with van der Waals surface area (Å²) in [5, 5.41) is 74.8. The SMILES string of the molecule is COC(=O)c1c(NCC2C=C(O)C=CC2(O)[C@@H]2O[C@H](CO)[C@@H](O)[C@H](O)[C@H]2O)ccc(O)c1OC. The maximum absolute atomic E-state index is 12.3. The molecule has 1 aromatic rings. The molecule has 2 unspecified atom stereocenters. The third kappa shape index (κ3) is 4.56. The van der Waals surface area contributed by atoms with Crippen LogP contribution in [0.15, 0.2) is 36.1 Å². The second-order valence-corrected chi connectivity index (χ2v) is 8.08. The van der Waals surface area contributed by atoms with Gasteiger partial charge in [0.2, 0.25) is 0 Å². The van der Waals surface area contributed by atoms with E-state index in [0.29, 0.717) is 0 Å². The molecule has 1 heterocycles. The van der Waals surface area contributed by atoms with E-state index in [2.05, 4.69) is 5.32 Å². The number of carbonyl (C=O) groups is 1. The number of phenols is 1. The van der Waals surface area contributed by atoms with Crippen molar-refractivity contribution in [3.05, 3.63) is 41.7 Å². The van der Waals surface area contributed by atoms with Gasteiger partial charge in [-0.1, -0.05) is 0 Å². The Morgan fingerprint density at radius 1 is 1.15 bits per heavy atom. The Bertz CT molecular complexity index is 962. The molecule has 0 bridgehead atoms. The molecule has 12 heteroatoms. The number of methoxy groups -OCH3 is 2. The topological polar surface area (TPSA) is 198 Å². The molecule has 0 spiro atoms. The molecule has 8 N–H and O–H groups in total. The van der Waals surface area contributed by atoms with Crippen LogP contribution < -0.4 is 10.1 Å². The van der Waals surface area contributed by atoms with Gasteiger partial charge in [-0.3, -0.25) is 0 Å². The molecule has 1 saturated heterocycles. The molecular weight excluding hydrogens is 454 g/mol. The van der Waals surface area contributed by atoms with E-state index in [1.165, 1.54) is 37.5 Å². The molecule has 12 nitrogen and oxygen atoms in total. The highest BCUT2D eigenvalue weighted by Gasteiger charge is 2.54. The number of benzene rings is 1. The van der Waals surface area contributed by atoms with Gasteiger partial charge < -0.3 is 55.3 Å². The van der Waals surface area contributed by atoms with Crippen molar-refractivity contribution in [1.82, 2.24) is 0 Å². The van der Waals surface area contributed by atoms with Crippen LogP contribution in [0, 0.1) is 5.92 Å². The normalized spacial score (nSPS) is 33.2. The smallest absolute Gasteiger partial charge is 0.343 e. The van der Waals surface area contributed by atoms with E-state index in [4.69, 9.17) is 14.2 Å². The minimum atomic E-state index is -2.01. The van der Waals surface area contributed by atoms with Gasteiger partial charge in [0, 0.05) is 12.5 Å². The zero-order valence-electron chi connectivity index (χ0n) is 18.5. The number of nitrogens with one attached hydrogen (secondary N) is 1. The summed E-state index contributed by atoms with van der Waals surface area (Å²) in [7, 11) is 2.41. The van der Waals surface area contributed by atoms with E-state index in [0.717, 1.165) is 7.11 Å². The summed E-state index contributed by atoms with van der Waals surface area (Å²) in [4.78, 5) is 12.3. The molecule has 188 valence electrons. The summed E-state index contributed by atoms with van der Waals surface area (Å²) >= 11 is 0. The van der Waals surface area contributed by atoms with Crippen molar-refractivity contribution < 1.29 is 54.8 Å². The third-order valence-corrected chi connectivity index (χ3v) is 6.08. The van der Waals surface area contributed by atoms with Gasteiger partial charge in [-0.2, -0.15) is 0 Å². The maximum Gasteiger partial charge on any atom is 0.343 e. The zero-order chi connectivity index (χ0) is 25.2. The molecule has 0 aromatic heterocycles. The number of ether oxygens (including phenoxy) is 3. The summed E-state index contributed by atoms with van der Waals surface area (Å²) in [6, 6.07) is 2.67. The Morgan fingerprint density at radius 3 is 2.47 bits per heavy atom. The summed E-state index contributed by atoms with van der Waals surface area (Å²) < 4.78 is 15.4. The molecule has 0 amide bonds.